The molecule has 0 saturated carbocycles. The summed E-state index contributed by atoms with van der Waals surface area (Å²) in [5.74, 6) is -3.06. The van der Waals surface area contributed by atoms with Gasteiger partial charge in [0.15, 0.2) is 0 Å². The maximum absolute atomic E-state index is 13.7. The van der Waals surface area contributed by atoms with Crippen molar-refractivity contribution in [2.45, 2.75) is 46.1 Å². The molecule has 1 aliphatic rings. The van der Waals surface area contributed by atoms with Crippen molar-refractivity contribution in [1.29, 1.82) is 0 Å². The molecule has 0 aromatic heterocycles. The number of nitrogens with one attached hydrogen (secondary N) is 1. The van der Waals surface area contributed by atoms with E-state index in [1.165, 1.54) is 18.2 Å². The summed E-state index contributed by atoms with van der Waals surface area (Å²) < 4.78 is 11.9. The average molecular weight is 509 g/mol. The zero-order valence-electron chi connectivity index (χ0n) is 21.8. The lowest BCUT2D eigenvalue weighted by molar-refractivity contribution is -0.384. The summed E-state index contributed by atoms with van der Waals surface area (Å²) in [5.41, 5.74) is 0.149. The molecule has 2 aromatic carbocycles. The molecule has 0 aliphatic carbocycles. The SMILES string of the molecule is CO[C@@](COC(=O)C1=C(C)NC(C)=C(C(=O)O)C1c1cccc([N+](=O)[O-])c1)(c1ccccc1)C(C)(C)C. The van der Waals surface area contributed by atoms with Crippen LogP contribution < -0.4 is 5.32 Å². The van der Waals surface area contributed by atoms with Crippen LogP contribution in [0.4, 0.5) is 5.69 Å². The van der Waals surface area contributed by atoms with Crippen molar-refractivity contribution in [3.8, 4) is 0 Å². The van der Waals surface area contributed by atoms with Gasteiger partial charge in [-0.3, -0.25) is 10.1 Å². The number of rotatable bonds is 8. The van der Waals surface area contributed by atoms with Gasteiger partial charge in [-0.15, -0.1) is 0 Å². The molecule has 1 heterocycles. The van der Waals surface area contributed by atoms with Crippen LogP contribution in [0.5, 0.6) is 0 Å². The Balaban J connectivity index is 2.07. The molecule has 1 aliphatic heterocycles. The molecule has 2 N–H and O–H groups in total. The predicted octanol–water partition coefficient (Wildman–Crippen LogP) is 5.05. The number of nitro groups is 1. The van der Waals surface area contributed by atoms with Crippen LogP contribution in [0.1, 0.15) is 51.7 Å². The molecule has 3 rings (SSSR count). The van der Waals surface area contributed by atoms with Gasteiger partial charge < -0.3 is 19.9 Å². The minimum atomic E-state index is -1.25. The van der Waals surface area contributed by atoms with Gasteiger partial charge >= 0.3 is 11.9 Å². The quantitative estimate of drug-likeness (QED) is 0.288. The van der Waals surface area contributed by atoms with Gasteiger partial charge in [0.1, 0.15) is 12.2 Å². The van der Waals surface area contributed by atoms with E-state index in [1.54, 1.807) is 27.0 Å². The molecular formula is C28H32N2O7. The molecule has 196 valence electrons. The normalized spacial score (nSPS) is 17.6. The summed E-state index contributed by atoms with van der Waals surface area (Å²) in [4.78, 5) is 36.8. The lowest BCUT2D eigenvalue weighted by atomic mass is 9.72. The Morgan fingerprint density at radius 1 is 1.03 bits per heavy atom. The first-order valence-corrected chi connectivity index (χ1v) is 11.8. The van der Waals surface area contributed by atoms with Crippen LogP contribution in [0.2, 0.25) is 0 Å². The number of hydrogen-bond donors (Lipinski definition) is 2. The zero-order valence-corrected chi connectivity index (χ0v) is 21.8. The molecule has 0 spiro atoms. The van der Waals surface area contributed by atoms with Gasteiger partial charge in [0.25, 0.3) is 5.69 Å². The number of carbonyl (C=O) groups is 2. The highest BCUT2D eigenvalue weighted by Gasteiger charge is 2.46. The van der Waals surface area contributed by atoms with Crippen molar-refractivity contribution < 1.29 is 29.1 Å². The Kier molecular flexibility index (Phi) is 7.88. The van der Waals surface area contributed by atoms with E-state index in [0.717, 1.165) is 5.56 Å². The second-order valence-corrected chi connectivity index (χ2v) is 10.0. The number of hydrogen-bond acceptors (Lipinski definition) is 7. The van der Waals surface area contributed by atoms with Gasteiger partial charge in [0.2, 0.25) is 0 Å². The third-order valence-electron chi connectivity index (χ3n) is 6.83. The highest BCUT2D eigenvalue weighted by Crippen LogP contribution is 2.44. The van der Waals surface area contributed by atoms with E-state index in [0.29, 0.717) is 17.0 Å². The summed E-state index contributed by atoms with van der Waals surface area (Å²) in [6.45, 7) is 9.02. The molecule has 0 fully saturated rings. The number of carbonyl (C=O) groups excluding carboxylic acids is 1. The Hall–Kier alpha value is -3.98. The number of benzene rings is 2. The molecule has 9 nitrogen and oxygen atoms in total. The molecule has 2 aromatic rings. The van der Waals surface area contributed by atoms with E-state index in [1.807, 2.05) is 51.1 Å². The van der Waals surface area contributed by atoms with Crippen molar-refractivity contribution in [1.82, 2.24) is 5.32 Å². The van der Waals surface area contributed by atoms with Gasteiger partial charge in [-0.25, -0.2) is 9.59 Å². The van der Waals surface area contributed by atoms with Crippen LogP contribution in [0, 0.1) is 15.5 Å². The average Bonchev–Trinajstić information content (AvgIpc) is 2.83. The smallest absolute Gasteiger partial charge is 0.336 e. The van der Waals surface area contributed by atoms with E-state index in [2.05, 4.69) is 5.32 Å². The number of aliphatic carboxylic acids is 1. The van der Waals surface area contributed by atoms with E-state index >= 15 is 0 Å². The van der Waals surface area contributed by atoms with E-state index in [-0.39, 0.29) is 23.4 Å². The van der Waals surface area contributed by atoms with E-state index in [4.69, 9.17) is 9.47 Å². The Morgan fingerprint density at radius 3 is 2.19 bits per heavy atom. The van der Waals surface area contributed by atoms with Gasteiger partial charge in [-0.1, -0.05) is 63.2 Å². The van der Waals surface area contributed by atoms with Crippen molar-refractivity contribution in [2.75, 3.05) is 13.7 Å². The number of methoxy groups -OCH3 is 1. The molecule has 0 radical (unpaired) electrons. The fourth-order valence-corrected chi connectivity index (χ4v) is 4.87. The molecule has 0 saturated heterocycles. The Labute approximate surface area is 215 Å². The number of dihydropyridines is 1. The van der Waals surface area contributed by atoms with E-state index in [9.17, 15) is 24.8 Å². The molecule has 0 amide bonds. The molecule has 37 heavy (non-hydrogen) atoms. The maximum atomic E-state index is 13.7. The first-order valence-electron chi connectivity index (χ1n) is 11.8. The van der Waals surface area contributed by atoms with Crippen molar-refractivity contribution in [3.63, 3.8) is 0 Å². The predicted molar refractivity (Wildman–Crippen MR) is 138 cm³/mol. The standard InChI is InChI=1S/C28H32N2O7/c1-17-22(25(31)32)24(19-11-10-14-21(15-19)30(34)35)23(18(2)29-17)26(33)37-16-28(36-6,27(3,4)5)20-12-8-7-9-13-20/h7-15,24,29H,16H2,1-6H3,(H,31,32)/t24?,28-/m0/s1. The second-order valence-electron chi connectivity index (χ2n) is 10.0. The number of allylic oxidation sites excluding steroid dienone is 2. The lowest BCUT2D eigenvalue weighted by Crippen LogP contribution is -2.47. The Morgan fingerprint density at radius 2 is 1.65 bits per heavy atom. The van der Waals surface area contributed by atoms with Crippen LogP contribution in [-0.2, 0) is 24.7 Å². The molecule has 0 bridgehead atoms. The number of carboxylic acid groups (broad SMARTS) is 1. The molecule has 1 unspecified atom stereocenters. The van der Waals surface area contributed by atoms with Crippen molar-refractivity contribution >= 4 is 17.6 Å². The van der Waals surface area contributed by atoms with Gasteiger partial charge in [-0.2, -0.15) is 0 Å². The van der Waals surface area contributed by atoms with E-state index < -0.39 is 33.8 Å². The number of ether oxygens (including phenoxy) is 2. The number of esters is 1. The fourth-order valence-electron chi connectivity index (χ4n) is 4.87. The Bertz CT molecular complexity index is 1270. The summed E-state index contributed by atoms with van der Waals surface area (Å²) >= 11 is 0. The van der Waals surface area contributed by atoms with Gasteiger partial charge in [-0.05, 0) is 30.4 Å². The third-order valence-corrected chi connectivity index (χ3v) is 6.83. The van der Waals surface area contributed by atoms with Crippen molar-refractivity contribution in [2.24, 2.45) is 5.41 Å². The first-order chi connectivity index (χ1) is 17.3. The fraction of sp³-hybridized carbons (Fsp3) is 0.357. The number of nitrogens with zero attached hydrogens (tertiary/aromatic N) is 1. The summed E-state index contributed by atoms with van der Waals surface area (Å²) in [7, 11) is 1.55. The number of nitro benzene ring substituents is 1. The van der Waals surface area contributed by atoms with Crippen LogP contribution >= 0.6 is 0 Å². The van der Waals surface area contributed by atoms with Gasteiger partial charge in [0.05, 0.1) is 22.0 Å². The summed E-state index contributed by atoms with van der Waals surface area (Å²) in [6, 6.07) is 15.1. The minimum absolute atomic E-state index is 0.0653. The molecule has 9 heteroatoms. The highest BCUT2D eigenvalue weighted by atomic mass is 16.6. The van der Waals surface area contributed by atoms with Crippen LogP contribution in [0.25, 0.3) is 0 Å². The largest absolute Gasteiger partial charge is 0.478 e. The minimum Gasteiger partial charge on any atom is -0.478 e. The number of non-ortho nitro benzene ring substituents is 1. The summed E-state index contributed by atoms with van der Waals surface area (Å²) in [6.07, 6.45) is 0. The molecular weight excluding hydrogens is 476 g/mol. The summed E-state index contributed by atoms with van der Waals surface area (Å²) in [5, 5.41) is 24.4. The topological polar surface area (TPSA) is 128 Å². The zero-order chi connectivity index (χ0) is 27.5. The van der Waals surface area contributed by atoms with Crippen molar-refractivity contribution in [3.05, 3.63) is 98.4 Å². The van der Waals surface area contributed by atoms with Crippen LogP contribution in [0.15, 0.2) is 77.1 Å². The third kappa shape index (κ3) is 5.27. The molecule has 2 atom stereocenters. The second kappa shape index (κ2) is 10.6. The first kappa shape index (κ1) is 27.6. The van der Waals surface area contributed by atoms with Gasteiger partial charge in [0, 0.05) is 30.6 Å². The highest BCUT2D eigenvalue weighted by molar-refractivity contribution is 5.99. The number of carboxylic acids is 1. The monoisotopic (exact) mass is 508 g/mol. The van der Waals surface area contributed by atoms with Crippen LogP contribution in [0.3, 0.4) is 0 Å². The maximum Gasteiger partial charge on any atom is 0.336 e. The lowest BCUT2D eigenvalue weighted by Gasteiger charge is -2.43. The van der Waals surface area contributed by atoms with Crippen LogP contribution in [-0.4, -0.2) is 35.7 Å².